The standard InChI is InChI=1S/C51H32N4O/c1-4-13-33(14-5-1)36-19-12-20-38(29-36)50-52-49(35-17-8-3-9-18-35)53-51(54-50)39-24-28-47-44(31-39)42-26-25-40(32-48(42)56-47)55-45-22-11-10-21-41(45)43-30-37(23-27-46(43)55)34-15-6-2-7-16-34/h1-32H/i1D,4D,5D,13D,14D. The molecule has 0 amide bonds. The van der Waals surface area contributed by atoms with Crippen LogP contribution in [0.1, 0.15) is 6.85 Å². The molecule has 0 saturated heterocycles. The van der Waals surface area contributed by atoms with Gasteiger partial charge in [-0.15, -0.1) is 0 Å². The van der Waals surface area contributed by atoms with Crippen LogP contribution in [0.3, 0.4) is 0 Å². The zero-order valence-electron chi connectivity index (χ0n) is 34.8. The van der Waals surface area contributed by atoms with Gasteiger partial charge in [-0.05, 0) is 76.9 Å². The molecule has 8 aromatic carbocycles. The molecule has 3 aromatic heterocycles. The number of fused-ring (bicyclic) bond motifs is 6. The Labute approximate surface area is 329 Å². The molecule has 0 aliphatic heterocycles. The van der Waals surface area contributed by atoms with E-state index in [1.54, 1.807) is 18.2 Å². The Morgan fingerprint density at radius 3 is 1.79 bits per heavy atom. The molecule has 0 fully saturated rings. The highest BCUT2D eigenvalue weighted by Gasteiger charge is 2.18. The molecule has 56 heavy (non-hydrogen) atoms. The van der Waals surface area contributed by atoms with Gasteiger partial charge in [-0.2, -0.15) is 0 Å². The monoisotopic (exact) mass is 721 g/mol. The van der Waals surface area contributed by atoms with Gasteiger partial charge in [0.2, 0.25) is 0 Å². The number of rotatable bonds is 6. The Morgan fingerprint density at radius 1 is 0.375 bits per heavy atom. The molecule has 0 bridgehead atoms. The van der Waals surface area contributed by atoms with Crippen molar-refractivity contribution in [3.63, 3.8) is 0 Å². The fourth-order valence-electron chi connectivity index (χ4n) is 7.66. The molecule has 11 rings (SSSR count). The predicted octanol–water partition coefficient (Wildman–Crippen LogP) is 13.2. The third-order valence-corrected chi connectivity index (χ3v) is 10.3. The number of aromatic nitrogens is 4. The Morgan fingerprint density at radius 2 is 0.982 bits per heavy atom. The fraction of sp³-hybridized carbons (Fsp3) is 0. The van der Waals surface area contributed by atoms with E-state index in [0.29, 0.717) is 28.6 Å². The van der Waals surface area contributed by atoms with Crippen LogP contribution in [-0.4, -0.2) is 19.5 Å². The first-order valence-electron chi connectivity index (χ1n) is 20.9. The minimum absolute atomic E-state index is 0.112. The van der Waals surface area contributed by atoms with Gasteiger partial charge in [0.1, 0.15) is 11.2 Å². The molecular formula is C51H32N4O. The second-order valence-electron chi connectivity index (χ2n) is 13.7. The second kappa shape index (κ2) is 13.0. The minimum atomic E-state index is -0.437. The van der Waals surface area contributed by atoms with Gasteiger partial charge in [0, 0.05) is 50.0 Å². The summed E-state index contributed by atoms with van der Waals surface area (Å²) >= 11 is 0. The maximum absolute atomic E-state index is 8.57. The van der Waals surface area contributed by atoms with Crippen molar-refractivity contribution >= 4 is 43.7 Å². The van der Waals surface area contributed by atoms with E-state index in [4.69, 9.17) is 26.2 Å². The van der Waals surface area contributed by atoms with Crippen molar-refractivity contribution in [2.75, 3.05) is 0 Å². The molecule has 0 atom stereocenters. The topological polar surface area (TPSA) is 56.7 Å². The molecule has 11 aromatic rings. The van der Waals surface area contributed by atoms with Gasteiger partial charge in [0.05, 0.1) is 17.9 Å². The molecule has 0 saturated carbocycles. The molecule has 0 unspecified atom stereocenters. The third kappa shape index (κ3) is 5.45. The summed E-state index contributed by atoms with van der Waals surface area (Å²) in [6.45, 7) is 0. The van der Waals surface area contributed by atoms with Crippen LogP contribution in [-0.2, 0) is 0 Å². The molecule has 0 N–H and O–H groups in total. The van der Waals surface area contributed by atoms with E-state index in [-0.39, 0.29) is 17.6 Å². The van der Waals surface area contributed by atoms with Crippen LogP contribution in [0.4, 0.5) is 0 Å². The van der Waals surface area contributed by atoms with Crippen molar-refractivity contribution < 1.29 is 11.3 Å². The van der Waals surface area contributed by atoms with Crippen molar-refractivity contribution in [2.45, 2.75) is 0 Å². The van der Waals surface area contributed by atoms with Crippen LogP contribution in [0, 0.1) is 0 Å². The maximum atomic E-state index is 8.57. The third-order valence-electron chi connectivity index (χ3n) is 10.3. The van der Waals surface area contributed by atoms with Gasteiger partial charge in [-0.25, -0.2) is 15.0 Å². The highest BCUT2D eigenvalue weighted by atomic mass is 16.3. The van der Waals surface area contributed by atoms with E-state index < -0.39 is 18.1 Å². The van der Waals surface area contributed by atoms with Gasteiger partial charge in [0.15, 0.2) is 17.5 Å². The smallest absolute Gasteiger partial charge is 0.164 e. The number of nitrogens with zero attached hydrogens (tertiary/aromatic N) is 4. The quantitative estimate of drug-likeness (QED) is 0.172. The summed E-state index contributed by atoms with van der Waals surface area (Å²) in [7, 11) is 0. The molecule has 5 heteroatoms. The number of hydrogen-bond acceptors (Lipinski definition) is 4. The van der Waals surface area contributed by atoms with Crippen LogP contribution < -0.4 is 0 Å². The first kappa shape index (κ1) is 27.0. The van der Waals surface area contributed by atoms with Crippen molar-refractivity contribution in [3.05, 3.63) is 194 Å². The summed E-state index contributed by atoms with van der Waals surface area (Å²) in [6, 6.07) is 52.9. The van der Waals surface area contributed by atoms with E-state index >= 15 is 0 Å². The van der Waals surface area contributed by atoms with Crippen molar-refractivity contribution in [3.8, 4) is 62.1 Å². The summed E-state index contributed by atoms with van der Waals surface area (Å²) < 4.78 is 50.5. The van der Waals surface area contributed by atoms with Gasteiger partial charge in [0.25, 0.3) is 0 Å². The Balaban J connectivity index is 1.02. The first-order valence-corrected chi connectivity index (χ1v) is 18.4. The average molecular weight is 722 g/mol. The van der Waals surface area contributed by atoms with E-state index in [1.807, 2.05) is 60.7 Å². The normalized spacial score (nSPS) is 12.8. The van der Waals surface area contributed by atoms with Crippen LogP contribution in [0.2, 0.25) is 0 Å². The summed E-state index contributed by atoms with van der Waals surface area (Å²) in [5.41, 5.74) is 9.78. The average Bonchev–Trinajstić information content (AvgIpc) is 3.85. The highest BCUT2D eigenvalue weighted by Crippen LogP contribution is 2.38. The maximum Gasteiger partial charge on any atom is 0.164 e. The Kier molecular flexibility index (Phi) is 6.29. The number of benzene rings is 8. The van der Waals surface area contributed by atoms with Gasteiger partial charge in [-0.3, -0.25) is 0 Å². The number of hydrogen-bond donors (Lipinski definition) is 0. The zero-order valence-corrected chi connectivity index (χ0v) is 29.8. The molecular weight excluding hydrogens is 685 g/mol. The van der Waals surface area contributed by atoms with Crippen LogP contribution in [0.5, 0.6) is 0 Å². The first-order chi connectivity index (χ1) is 29.8. The lowest BCUT2D eigenvalue weighted by Gasteiger charge is -2.10. The lowest BCUT2D eigenvalue weighted by atomic mass is 10.0. The van der Waals surface area contributed by atoms with E-state index in [2.05, 4.69) is 89.5 Å². The summed E-state index contributed by atoms with van der Waals surface area (Å²) in [5.74, 6) is 1.30. The van der Waals surface area contributed by atoms with Crippen LogP contribution in [0.15, 0.2) is 198 Å². The lowest BCUT2D eigenvalue weighted by molar-refractivity contribution is 0.668. The summed E-state index contributed by atoms with van der Waals surface area (Å²) in [4.78, 5) is 14.8. The van der Waals surface area contributed by atoms with Gasteiger partial charge < -0.3 is 8.98 Å². The summed E-state index contributed by atoms with van der Waals surface area (Å²) in [5, 5.41) is 4.23. The SMILES string of the molecule is [2H]c1c([2H])c([2H])c(-c2cccc(-c3nc(-c4ccccc4)nc(-c4ccc5oc6cc(-n7c8ccccc8c8cc(-c9ccccc9)ccc87)ccc6c5c4)n3)c2)c([2H])c1[2H]. The fourth-order valence-corrected chi connectivity index (χ4v) is 7.66. The largest absolute Gasteiger partial charge is 0.456 e. The van der Waals surface area contributed by atoms with E-state index in [0.717, 1.165) is 49.8 Å². The number of furan rings is 1. The van der Waals surface area contributed by atoms with Crippen molar-refractivity contribution in [1.82, 2.24) is 19.5 Å². The summed E-state index contributed by atoms with van der Waals surface area (Å²) in [6.07, 6.45) is 0. The zero-order chi connectivity index (χ0) is 41.4. The van der Waals surface area contributed by atoms with E-state index in [1.165, 1.54) is 21.9 Å². The molecule has 0 spiro atoms. The van der Waals surface area contributed by atoms with Gasteiger partial charge >= 0.3 is 0 Å². The molecule has 0 aliphatic carbocycles. The molecule has 262 valence electrons. The number of para-hydroxylation sites is 1. The molecule has 5 nitrogen and oxygen atoms in total. The lowest BCUT2D eigenvalue weighted by Crippen LogP contribution is -2.00. The predicted molar refractivity (Wildman–Crippen MR) is 229 cm³/mol. The van der Waals surface area contributed by atoms with Gasteiger partial charge in [-0.1, -0.05) is 133 Å². The Hall–Kier alpha value is -7.63. The van der Waals surface area contributed by atoms with Crippen molar-refractivity contribution in [2.24, 2.45) is 0 Å². The van der Waals surface area contributed by atoms with Crippen LogP contribution in [0.25, 0.3) is 106 Å². The van der Waals surface area contributed by atoms with E-state index in [9.17, 15) is 0 Å². The Bertz CT molecular complexity index is 3520. The molecule has 0 radical (unpaired) electrons. The second-order valence-corrected chi connectivity index (χ2v) is 13.7. The minimum Gasteiger partial charge on any atom is -0.456 e. The highest BCUT2D eigenvalue weighted by molar-refractivity contribution is 6.11. The molecule has 3 heterocycles. The van der Waals surface area contributed by atoms with Crippen LogP contribution >= 0.6 is 0 Å². The molecule has 0 aliphatic rings. The van der Waals surface area contributed by atoms with Crippen molar-refractivity contribution in [1.29, 1.82) is 0 Å².